The van der Waals surface area contributed by atoms with Crippen LogP contribution in [0, 0.1) is 6.92 Å². The molecule has 0 fully saturated rings. The highest BCUT2D eigenvalue weighted by Gasteiger charge is 2.08. The highest BCUT2D eigenvalue weighted by atomic mass is 16.5. The van der Waals surface area contributed by atoms with Crippen LogP contribution >= 0.6 is 0 Å². The van der Waals surface area contributed by atoms with Gasteiger partial charge in [-0.1, -0.05) is 26.0 Å². The summed E-state index contributed by atoms with van der Waals surface area (Å²) in [6.07, 6.45) is 0. The third-order valence-electron chi connectivity index (χ3n) is 2.96. The van der Waals surface area contributed by atoms with Crippen LogP contribution in [0.1, 0.15) is 30.9 Å². The molecule has 0 aliphatic carbocycles. The number of ether oxygens (including phenoxy) is 1. The first-order valence-corrected chi connectivity index (χ1v) is 6.39. The maximum atomic E-state index is 5.80. The summed E-state index contributed by atoms with van der Waals surface area (Å²) in [6, 6.07) is 7.72. The quantitative estimate of drug-likeness (QED) is 0.585. The minimum atomic E-state index is 0.105. The molecule has 6 nitrogen and oxygen atoms in total. The Morgan fingerprint density at radius 1 is 1.20 bits per heavy atom. The average Bonchev–Trinajstić information content (AvgIpc) is 2.40. The standard InChI is InChI=1S/C14H19N5O/c1-8(2)10-5-4-9(3)11(6-10)20-13-7-12(19-16)17-14(15)18-13/h4-8H,16H2,1-3H3,(H3,15,17,18,19). The molecule has 0 saturated carbocycles. The van der Waals surface area contributed by atoms with Gasteiger partial charge in [0.05, 0.1) is 0 Å². The normalized spacial score (nSPS) is 10.7. The molecule has 0 amide bonds. The number of nitrogens with one attached hydrogen (secondary N) is 1. The molecule has 0 saturated heterocycles. The van der Waals surface area contributed by atoms with Crippen LogP contribution in [0.15, 0.2) is 24.3 Å². The maximum Gasteiger partial charge on any atom is 0.226 e. The zero-order valence-electron chi connectivity index (χ0n) is 11.8. The summed E-state index contributed by atoms with van der Waals surface area (Å²) in [7, 11) is 0. The fourth-order valence-corrected chi connectivity index (χ4v) is 1.77. The van der Waals surface area contributed by atoms with E-state index >= 15 is 0 Å². The van der Waals surface area contributed by atoms with Crippen molar-refractivity contribution in [3.63, 3.8) is 0 Å². The number of nitrogens with zero attached hydrogens (tertiary/aromatic N) is 2. The Morgan fingerprint density at radius 3 is 2.60 bits per heavy atom. The lowest BCUT2D eigenvalue weighted by Crippen LogP contribution is -2.10. The van der Waals surface area contributed by atoms with Crippen molar-refractivity contribution in [1.82, 2.24) is 9.97 Å². The Kier molecular flexibility index (Phi) is 4.05. The Bertz CT molecular complexity index is 613. The summed E-state index contributed by atoms with van der Waals surface area (Å²) in [4.78, 5) is 7.95. The molecular formula is C14H19N5O. The van der Waals surface area contributed by atoms with Gasteiger partial charge in [-0.15, -0.1) is 0 Å². The van der Waals surface area contributed by atoms with Crippen LogP contribution in [-0.2, 0) is 0 Å². The van der Waals surface area contributed by atoms with E-state index in [0.29, 0.717) is 17.6 Å². The van der Waals surface area contributed by atoms with Crippen LogP contribution in [0.4, 0.5) is 11.8 Å². The van der Waals surface area contributed by atoms with Crippen LogP contribution in [0.25, 0.3) is 0 Å². The lowest BCUT2D eigenvalue weighted by molar-refractivity contribution is 0.458. The molecular weight excluding hydrogens is 254 g/mol. The summed E-state index contributed by atoms with van der Waals surface area (Å²) in [5.41, 5.74) is 10.3. The van der Waals surface area contributed by atoms with Crippen LogP contribution in [0.2, 0.25) is 0 Å². The number of rotatable bonds is 4. The van der Waals surface area contributed by atoms with Gasteiger partial charge in [-0.05, 0) is 30.0 Å². The molecule has 6 heteroatoms. The first kappa shape index (κ1) is 14.1. The van der Waals surface area contributed by atoms with Crippen LogP contribution in [0.3, 0.4) is 0 Å². The van der Waals surface area contributed by atoms with Crippen molar-refractivity contribution < 1.29 is 4.74 Å². The van der Waals surface area contributed by atoms with Gasteiger partial charge >= 0.3 is 0 Å². The fraction of sp³-hybridized carbons (Fsp3) is 0.286. The van der Waals surface area contributed by atoms with Crippen LogP contribution in [-0.4, -0.2) is 9.97 Å². The van der Waals surface area contributed by atoms with Crippen molar-refractivity contribution in [2.24, 2.45) is 5.84 Å². The van der Waals surface area contributed by atoms with E-state index in [1.165, 1.54) is 5.56 Å². The van der Waals surface area contributed by atoms with E-state index in [0.717, 1.165) is 11.3 Å². The summed E-state index contributed by atoms with van der Waals surface area (Å²) in [6.45, 7) is 6.24. The first-order chi connectivity index (χ1) is 9.49. The fourth-order valence-electron chi connectivity index (χ4n) is 1.77. The van der Waals surface area contributed by atoms with Gasteiger partial charge in [-0.2, -0.15) is 9.97 Å². The third-order valence-corrected chi connectivity index (χ3v) is 2.96. The molecule has 106 valence electrons. The molecule has 0 unspecified atom stereocenters. The van der Waals surface area contributed by atoms with E-state index in [2.05, 4.69) is 35.3 Å². The van der Waals surface area contributed by atoms with Gasteiger partial charge in [0.1, 0.15) is 11.6 Å². The molecule has 1 heterocycles. The Balaban J connectivity index is 2.34. The smallest absolute Gasteiger partial charge is 0.226 e. The molecule has 1 aromatic carbocycles. The zero-order valence-corrected chi connectivity index (χ0v) is 11.8. The van der Waals surface area contributed by atoms with Gasteiger partial charge in [0.2, 0.25) is 11.8 Å². The second-order valence-corrected chi connectivity index (χ2v) is 4.88. The lowest BCUT2D eigenvalue weighted by Gasteiger charge is -2.12. The molecule has 1 aromatic heterocycles. The predicted molar refractivity (Wildman–Crippen MR) is 79.6 cm³/mol. The third kappa shape index (κ3) is 3.16. The van der Waals surface area contributed by atoms with Crippen molar-refractivity contribution in [2.75, 3.05) is 11.2 Å². The summed E-state index contributed by atoms with van der Waals surface area (Å²) >= 11 is 0. The number of nitrogens with two attached hydrogens (primary N) is 2. The first-order valence-electron chi connectivity index (χ1n) is 6.39. The Labute approximate surface area is 118 Å². The van der Waals surface area contributed by atoms with E-state index in [4.69, 9.17) is 16.3 Å². The van der Waals surface area contributed by atoms with Crippen molar-refractivity contribution in [1.29, 1.82) is 0 Å². The van der Waals surface area contributed by atoms with Gasteiger partial charge in [-0.3, -0.25) is 0 Å². The number of nitrogen functional groups attached to an aromatic ring is 2. The monoisotopic (exact) mass is 273 g/mol. The number of benzene rings is 1. The molecule has 0 spiro atoms. The maximum absolute atomic E-state index is 5.80. The van der Waals surface area contributed by atoms with Gasteiger partial charge in [-0.25, -0.2) is 5.84 Å². The molecule has 2 aromatic rings. The number of hydrogen-bond acceptors (Lipinski definition) is 6. The van der Waals surface area contributed by atoms with E-state index < -0.39 is 0 Å². The second kappa shape index (κ2) is 5.75. The molecule has 2 rings (SSSR count). The summed E-state index contributed by atoms with van der Waals surface area (Å²) in [5.74, 6) is 7.36. The second-order valence-electron chi connectivity index (χ2n) is 4.88. The van der Waals surface area contributed by atoms with Crippen LogP contribution in [0.5, 0.6) is 11.6 Å². The molecule has 0 atom stereocenters. The minimum Gasteiger partial charge on any atom is -0.438 e. The molecule has 0 radical (unpaired) electrons. The number of hydrogen-bond donors (Lipinski definition) is 3. The number of hydrazine groups is 1. The Hall–Kier alpha value is -2.34. The SMILES string of the molecule is Cc1ccc(C(C)C)cc1Oc1cc(NN)nc(N)n1. The number of aromatic nitrogens is 2. The van der Waals surface area contributed by atoms with Gasteiger partial charge in [0.25, 0.3) is 0 Å². The van der Waals surface area contributed by atoms with Gasteiger partial charge < -0.3 is 15.9 Å². The highest BCUT2D eigenvalue weighted by Crippen LogP contribution is 2.28. The highest BCUT2D eigenvalue weighted by molar-refractivity contribution is 5.45. The summed E-state index contributed by atoms with van der Waals surface area (Å²) < 4.78 is 5.80. The zero-order chi connectivity index (χ0) is 14.7. The molecule has 0 aliphatic rings. The largest absolute Gasteiger partial charge is 0.438 e. The number of anilines is 2. The van der Waals surface area contributed by atoms with Crippen molar-refractivity contribution in [3.8, 4) is 11.6 Å². The van der Waals surface area contributed by atoms with Crippen molar-refractivity contribution in [2.45, 2.75) is 26.7 Å². The van der Waals surface area contributed by atoms with Gasteiger partial charge in [0.15, 0.2) is 0 Å². The number of aryl methyl sites for hydroxylation is 1. The molecule has 20 heavy (non-hydrogen) atoms. The molecule has 0 aliphatic heterocycles. The van der Waals surface area contributed by atoms with Crippen LogP contribution < -0.4 is 21.7 Å². The summed E-state index contributed by atoms with van der Waals surface area (Å²) in [5, 5.41) is 0. The van der Waals surface area contributed by atoms with Crippen molar-refractivity contribution in [3.05, 3.63) is 35.4 Å². The van der Waals surface area contributed by atoms with E-state index in [1.54, 1.807) is 6.07 Å². The average molecular weight is 273 g/mol. The molecule has 0 bridgehead atoms. The van der Waals surface area contributed by atoms with E-state index in [9.17, 15) is 0 Å². The Morgan fingerprint density at radius 2 is 1.95 bits per heavy atom. The predicted octanol–water partition coefficient (Wildman–Crippen LogP) is 2.57. The van der Waals surface area contributed by atoms with E-state index in [-0.39, 0.29) is 5.95 Å². The van der Waals surface area contributed by atoms with Gasteiger partial charge in [0, 0.05) is 6.07 Å². The van der Waals surface area contributed by atoms with E-state index in [1.807, 2.05) is 19.1 Å². The minimum absolute atomic E-state index is 0.105. The molecule has 5 N–H and O–H groups in total. The topological polar surface area (TPSA) is 99.1 Å². The van der Waals surface area contributed by atoms with Crippen molar-refractivity contribution >= 4 is 11.8 Å². The lowest BCUT2D eigenvalue weighted by atomic mass is 10.0.